The Labute approximate surface area is 283 Å². The Morgan fingerprint density at radius 1 is 1.00 bits per heavy atom. The fourth-order valence-corrected chi connectivity index (χ4v) is 6.57. The molecule has 0 unspecified atom stereocenters. The van der Waals surface area contributed by atoms with Gasteiger partial charge in [0.05, 0.1) is 23.4 Å². The molecular weight excluding hydrogens is 628 g/mol. The molecule has 0 aliphatic heterocycles. The summed E-state index contributed by atoms with van der Waals surface area (Å²) in [4.78, 5) is 33.5. The van der Waals surface area contributed by atoms with Crippen molar-refractivity contribution >= 4 is 11.6 Å². The number of alkyl halides is 1. The first-order chi connectivity index (χ1) is 23.5. The van der Waals surface area contributed by atoms with Gasteiger partial charge in [-0.1, -0.05) is 59.8 Å². The summed E-state index contributed by atoms with van der Waals surface area (Å²) in [6.07, 6.45) is 8.41. The van der Waals surface area contributed by atoms with Crippen molar-refractivity contribution in [2.24, 2.45) is 5.92 Å². The molecule has 0 radical (unpaired) electrons. The van der Waals surface area contributed by atoms with E-state index in [1.54, 1.807) is 4.57 Å². The number of rotatable bonds is 13. The van der Waals surface area contributed by atoms with E-state index in [1.165, 1.54) is 0 Å². The van der Waals surface area contributed by atoms with Crippen LogP contribution in [0.5, 0.6) is 5.75 Å². The average Bonchev–Trinajstić information content (AvgIpc) is 3.56. The number of benzene rings is 3. The summed E-state index contributed by atoms with van der Waals surface area (Å²) < 4.78 is 12.6. The van der Waals surface area contributed by atoms with Gasteiger partial charge in [0.15, 0.2) is 5.82 Å². The molecule has 248 valence electrons. The van der Waals surface area contributed by atoms with Crippen LogP contribution in [0.3, 0.4) is 0 Å². The lowest BCUT2D eigenvalue weighted by molar-refractivity contribution is 0.104. The highest BCUT2D eigenvalue weighted by Crippen LogP contribution is 2.31. The minimum atomic E-state index is -0.611. The van der Waals surface area contributed by atoms with Crippen LogP contribution in [0.2, 0.25) is 0 Å². The highest BCUT2D eigenvalue weighted by Gasteiger charge is 2.22. The number of allylic oxidation sites excluding steroid dienone is 1. The van der Waals surface area contributed by atoms with E-state index in [9.17, 15) is 14.7 Å². The van der Waals surface area contributed by atoms with Crippen molar-refractivity contribution in [2.45, 2.75) is 63.4 Å². The smallest absolute Gasteiger partial charge is 0.439 e. The van der Waals surface area contributed by atoms with E-state index in [-0.39, 0.29) is 24.2 Å². The van der Waals surface area contributed by atoms with Gasteiger partial charge in [0.1, 0.15) is 11.6 Å². The van der Waals surface area contributed by atoms with Crippen LogP contribution in [0.4, 0.5) is 0 Å². The maximum atomic E-state index is 14.3. The number of aliphatic hydroxyl groups is 1. The van der Waals surface area contributed by atoms with E-state index >= 15 is 0 Å². The van der Waals surface area contributed by atoms with Crippen molar-refractivity contribution in [3.05, 3.63) is 129 Å². The quantitative estimate of drug-likeness (QED) is 0.0787. The van der Waals surface area contributed by atoms with E-state index in [4.69, 9.17) is 25.8 Å². The molecule has 1 aliphatic carbocycles. The molecule has 2 N–H and O–H groups in total. The number of hydrogen-bond donors (Lipinski definition) is 2. The van der Waals surface area contributed by atoms with Crippen molar-refractivity contribution in [2.75, 3.05) is 6.61 Å². The SMILES string of the molecule is C=CCCCc1nc(CCl)n(-c2ccc(OC3CCC(CO)CC3)cc2)c(=O)c1Cc1ccc(-c2ccccc2-c2noc(=O)[nH]2)cc1. The molecule has 1 aliphatic rings. The molecule has 6 rings (SSSR count). The number of aliphatic hydroxyl groups excluding tert-OH is 1. The van der Waals surface area contributed by atoms with Gasteiger partial charge in [0, 0.05) is 24.2 Å². The van der Waals surface area contributed by atoms with Crippen LogP contribution in [-0.4, -0.2) is 37.5 Å². The van der Waals surface area contributed by atoms with E-state index < -0.39 is 5.76 Å². The Morgan fingerprint density at radius 2 is 1.73 bits per heavy atom. The summed E-state index contributed by atoms with van der Waals surface area (Å²) in [5, 5.41) is 13.3. The second kappa shape index (κ2) is 15.4. The Morgan fingerprint density at radius 3 is 2.38 bits per heavy atom. The molecule has 0 spiro atoms. The number of unbranched alkanes of at least 4 members (excludes halogenated alkanes) is 1. The molecule has 2 heterocycles. The first-order valence-electron chi connectivity index (χ1n) is 16.4. The molecule has 1 saturated carbocycles. The zero-order valence-corrected chi connectivity index (χ0v) is 27.5. The molecule has 2 aromatic heterocycles. The van der Waals surface area contributed by atoms with Gasteiger partial charge in [-0.05, 0) is 91.8 Å². The van der Waals surface area contributed by atoms with Gasteiger partial charge >= 0.3 is 5.76 Å². The Hall–Kier alpha value is -4.73. The number of aryl methyl sites for hydroxylation is 1. The van der Waals surface area contributed by atoms with Gasteiger partial charge in [-0.3, -0.25) is 18.9 Å². The number of H-pyrrole nitrogens is 1. The number of halogens is 1. The number of nitrogens with zero attached hydrogens (tertiary/aromatic N) is 3. The molecular formula is C38H39ClN4O5. The summed E-state index contributed by atoms with van der Waals surface area (Å²) >= 11 is 6.41. The largest absolute Gasteiger partial charge is 0.490 e. The van der Waals surface area contributed by atoms with Crippen LogP contribution >= 0.6 is 11.6 Å². The van der Waals surface area contributed by atoms with E-state index in [2.05, 4.69) is 16.7 Å². The summed E-state index contributed by atoms with van der Waals surface area (Å²) in [6.45, 7) is 4.08. The number of ether oxygens (including phenoxy) is 1. The van der Waals surface area contributed by atoms with Crippen LogP contribution in [0.15, 0.2) is 99.6 Å². The van der Waals surface area contributed by atoms with Crippen LogP contribution in [0.25, 0.3) is 28.2 Å². The van der Waals surface area contributed by atoms with Gasteiger partial charge in [-0.2, -0.15) is 0 Å². The second-order valence-electron chi connectivity index (χ2n) is 12.2. The van der Waals surface area contributed by atoms with Crippen molar-refractivity contribution in [3.8, 4) is 34.0 Å². The third kappa shape index (κ3) is 7.53. The molecule has 5 aromatic rings. The molecule has 0 saturated heterocycles. The van der Waals surface area contributed by atoms with Crippen molar-refractivity contribution in [1.82, 2.24) is 19.7 Å². The molecule has 10 heteroatoms. The third-order valence-corrected chi connectivity index (χ3v) is 9.23. The van der Waals surface area contributed by atoms with Crippen molar-refractivity contribution < 1.29 is 14.4 Å². The van der Waals surface area contributed by atoms with Crippen LogP contribution in [-0.2, 0) is 18.7 Å². The minimum Gasteiger partial charge on any atom is -0.490 e. The van der Waals surface area contributed by atoms with Crippen LogP contribution in [0.1, 0.15) is 61.2 Å². The zero-order valence-electron chi connectivity index (χ0n) is 26.7. The third-order valence-electron chi connectivity index (χ3n) is 8.99. The molecule has 3 aromatic carbocycles. The van der Waals surface area contributed by atoms with Crippen molar-refractivity contribution in [3.63, 3.8) is 0 Å². The van der Waals surface area contributed by atoms with Gasteiger partial charge in [-0.25, -0.2) is 9.78 Å². The van der Waals surface area contributed by atoms with Crippen LogP contribution < -0.4 is 16.1 Å². The number of aromatic amines is 1. The minimum absolute atomic E-state index is 0.0845. The topological polar surface area (TPSA) is 123 Å². The lowest BCUT2D eigenvalue weighted by atomic mass is 9.88. The second-order valence-corrected chi connectivity index (χ2v) is 12.5. The number of hydrogen-bond acceptors (Lipinski definition) is 7. The van der Waals surface area contributed by atoms with Crippen molar-refractivity contribution in [1.29, 1.82) is 0 Å². The van der Waals surface area contributed by atoms with Gasteiger partial charge in [-0.15, -0.1) is 18.2 Å². The van der Waals surface area contributed by atoms with E-state index in [1.807, 2.05) is 78.9 Å². The summed E-state index contributed by atoms with van der Waals surface area (Å²) in [7, 11) is 0. The summed E-state index contributed by atoms with van der Waals surface area (Å²) in [5.74, 6) is 1.44. The maximum Gasteiger partial charge on any atom is 0.439 e. The van der Waals surface area contributed by atoms with E-state index in [0.717, 1.165) is 72.2 Å². The monoisotopic (exact) mass is 666 g/mol. The van der Waals surface area contributed by atoms with Gasteiger partial charge in [0.25, 0.3) is 5.56 Å². The zero-order chi connectivity index (χ0) is 33.5. The molecule has 0 amide bonds. The Kier molecular flexibility index (Phi) is 10.7. The molecule has 0 bridgehead atoms. The summed E-state index contributed by atoms with van der Waals surface area (Å²) in [5.41, 5.74) is 5.43. The average molecular weight is 667 g/mol. The Balaban J connectivity index is 1.29. The Bertz CT molecular complexity index is 1960. The maximum absolute atomic E-state index is 14.3. The van der Waals surface area contributed by atoms with Gasteiger partial charge < -0.3 is 9.84 Å². The number of nitrogens with one attached hydrogen (secondary N) is 1. The predicted octanol–water partition coefficient (Wildman–Crippen LogP) is 7.01. The molecule has 1 fully saturated rings. The lowest BCUT2D eigenvalue weighted by Gasteiger charge is -2.28. The first-order valence-corrected chi connectivity index (χ1v) is 16.9. The first kappa shape index (κ1) is 33.2. The molecule has 48 heavy (non-hydrogen) atoms. The highest BCUT2D eigenvalue weighted by molar-refractivity contribution is 6.16. The van der Waals surface area contributed by atoms with Gasteiger partial charge in [0.2, 0.25) is 0 Å². The normalized spacial score (nSPS) is 16.1. The van der Waals surface area contributed by atoms with Crippen LogP contribution in [0, 0.1) is 5.92 Å². The highest BCUT2D eigenvalue weighted by atomic mass is 35.5. The van der Waals surface area contributed by atoms with E-state index in [0.29, 0.717) is 41.7 Å². The fraction of sp³-hybridized carbons (Fsp3) is 0.316. The predicted molar refractivity (Wildman–Crippen MR) is 187 cm³/mol. The summed E-state index contributed by atoms with van der Waals surface area (Å²) in [6, 6.07) is 23.2. The molecule has 9 nitrogen and oxygen atoms in total. The fourth-order valence-electron chi connectivity index (χ4n) is 6.40. The lowest BCUT2D eigenvalue weighted by Crippen LogP contribution is -2.29. The number of aromatic nitrogens is 4. The molecule has 0 atom stereocenters. The standard InChI is InChI=1S/C38H39ClN4O5/c1-2-3-4-9-34-33(22-25-10-14-27(15-11-25)31-7-5-6-8-32(31)36-41-38(46)48-42-36)37(45)43(35(23-39)40-34)28-16-20-30(21-17-28)47-29-18-12-26(24-44)13-19-29/h2,5-8,10-11,14-17,20-21,26,29,44H,1,3-4,9,12-13,18-19,22-24H2,(H,41,42,46).